The highest BCUT2D eigenvalue weighted by molar-refractivity contribution is 5.78. The number of hydrogen-bond donors (Lipinski definition) is 0. The van der Waals surface area contributed by atoms with Crippen LogP contribution in [0.4, 0.5) is 4.39 Å². The summed E-state index contributed by atoms with van der Waals surface area (Å²) < 4.78 is 13.4. The first-order chi connectivity index (χ1) is 14.1. The molecule has 0 aliphatic carbocycles. The Hall–Kier alpha value is -1.95. The van der Waals surface area contributed by atoms with Crippen LogP contribution in [-0.2, 0) is 9.59 Å². The summed E-state index contributed by atoms with van der Waals surface area (Å²) in [5, 5.41) is 0. The fourth-order valence-corrected chi connectivity index (χ4v) is 5.44. The summed E-state index contributed by atoms with van der Waals surface area (Å²) in [6, 6.07) is 6.95. The van der Waals surface area contributed by atoms with Gasteiger partial charge in [-0.15, -0.1) is 0 Å². The molecular formula is C23H32FN3O2. The molecule has 3 atom stereocenters. The molecule has 2 amide bonds. The van der Waals surface area contributed by atoms with Gasteiger partial charge in [-0.2, -0.15) is 0 Å². The van der Waals surface area contributed by atoms with Crippen LogP contribution in [0.3, 0.4) is 0 Å². The Bertz CT molecular complexity index is 732. The van der Waals surface area contributed by atoms with Crippen molar-refractivity contribution in [3.05, 3.63) is 35.6 Å². The van der Waals surface area contributed by atoms with Gasteiger partial charge in [0, 0.05) is 57.0 Å². The van der Waals surface area contributed by atoms with Crippen LogP contribution in [0.1, 0.15) is 50.5 Å². The van der Waals surface area contributed by atoms with Crippen molar-refractivity contribution in [2.24, 2.45) is 5.92 Å². The molecular weight excluding hydrogens is 369 g/mol. The van der Waals surface area contributed by atoms with Crippen LogP contribution in [-0.4, -0.2) is 71.8 Å². The maximum absolute atomic E-state index is 13.4. The third-order valence-electron chi connectivity index (χ3n) is 7.00. The van der Waals surface area contributed by atoms with E-state index in [1.807, 2.05) is 28.9 Å². The van der Waals surface area contributed by atoms with E-state index in [-0.39, 0.29) is 29.6 Å². The van der Waals surface area contributed by atoms with Crippen molar-refractivity contribution < 1.29 is 14.0 Å². The summed E-state index contributed by atoms with van der Waals surface area (Å²) in [6.07, 6.45) is 4.85. The number of nitrogens with zero attached hydrogens (tertiary/aromatic N) is 3. The third-order valence-corrected chi connectivity index (χ3v) is 7.00. The molecule has 158 valence electrons. The van der Waals surface area contributed by atoms with E-state index in [0.29, 0.717) is 25.4 Å². The average Bonchev–Trinajstić information content (AvgIpc) is 3.13. The minimum absolute atomic E-state index is 0.197. The van der Waals surface area contributed by atoms with Crippen molar-refractivity contribution in [2.45, 2.75) is 51.0 Å². The minimum atomic E-state index is -0.234. The SMILES string of the molecule is CCC(=O)N1C[C@H](c2ccc(F)cc2)[C@H]2CN(CC(=O)N3CCCCC3)CC[C@H]21. The lowest BCUT2D eigenvalue weighted by Crippen LogP contribution is -2.51. The molecule has 0 saturated carbocycles. The highest BCUT2D eigenvalue weighted by atomic mass is 19.1. The second kappa shape index (κ2) is 8.82. The van der Waals surface area contributed by atoms with Crippen LogP contribution in [0, 0.1) is 11.7 Å². The van der Waals surface area contributed by atoms with Gasteiger partial charge in [0.2, 0.25) is 11.8 Å². The quantitative estimate of drug-likeness (QED) is 0.779. The topological polar surface area (TPSA) is 43.9 Å². The van der Waals surface area contributed by atoms with Crippen molar-refractivity contribution in [1.29, 1.82) is 0 Å². The molecule has 0 bridgehead atoms. The number of halogens is 1. The van der Waals surface area contributed by atoms with E-state index in [9.17, 15) is 14.0 Å². The van der Waals surface area contributed by atoms with Gasteiger partial charge in [-0.1, -0.05) is 19.1 Å². The van der Waals surface area contributed by atoms with Crippen LogP contribution in [0.25, 0.3) is 0 Å². The van der Waals surface area contributed by atoms with Gasteiger partial charge in [-0.25, -0.2) is 4.39 Å². The summed E-state index contributed by atoms with van der Waals surface area (Å²) in [5.74, 6) is 0.688. The van der Waals surface area contributed by atoms with Crippen molar-refractivity contribution >= 4 is 11.8 Å². The molecule has 0 unspecified atom stereocenters. The fraction of sp³-hybridized carbons (Fsp3) is 0.652. The molecule has 0 spiro atoms. The first-order valence-electron chi connectivity index (χ1n) is 11.1. The Kier molecular flexibility index (Phi) is 6.18. The number of benzene rings is 1. The zero-order chi connectivity index (χ0) is 20.4. The molecule has 3 aliphatic rings. The molecule has 3 saturated heterocycles. The summed E-state index contributed by atoms with van der Waals surface area (Å²) >= 11 is 0. The van der Waals surface area contributed by atoms with E-state index in [0.717, 1.165) is 51.0 Å². The molecule has 0 aromatic heterocycles. The Morgan fingerprint density at radius 1 is 1.00 bits per heavy atom. The molecule has 3 heterocycles. The summed E-state index contributed by atoms with van der Waals surface area (Å²) in [6.45, 7) is 6.52. The Morgan fingerprint density at radius 2 is 1.72 bits per heavy atom. The van der Waals surface area contributed by atoms with Gasteiger partial charge in [-0.3, -0.25) is 14.5 Å². The number of rotatable bonds is 4. The van der Waals surface area contributed by atoms with Crippen molar-refractivity contribution in [2.75, 3.05) is 39.3 Å². The molecule has 3 fully saturated rings. The Balaban J connectivity index is 1.48. The van der Waals surface area contributed by atoms with Crippen LogP contribution in [0.5, 0.6) is 0 Å². The lowest BCUT2D eigenvalue weighted by Gasteiger charge is -2.39. The minimum Gasteiger partial charge on any atom is -0.342 e. The van der Waals surface area contributed by atoms with Gasteiger partial charge in [0.15, 0.2) is 0 Å². The lowest BCUT2D eigenvalue weighted by molar-refractivity contribution is -0.136. The highest BCUT2D eigenvalue weighted by Gasteiger charge is 2.46. The van der Waals surface area contributed by atoms with Crippen LogP contribution < -0.4 is 0 Å². The van der Waals surface area contributed by atoms with Crippen LogP contribution in [0.15, 0.2) is 24.3 Å². The molecule has 5 nitrogen and oxygen atoms in total. The maximum atomic E-state index is 13.4. The Labute approximate surface area is 172 Å². The molecule has 29 heavy (non-hydrogen) atoms. The number of hydrogen-bond acceptors (Lipinski definition) is 3. The smallest absolute Gasteiger partial charge is 0.236 e. The second-order valence-electron chi connectivity index (χ2n) is 8.75. The van der Waals surface area contributed by atoms with E-state index in [2.05, 4.69) is 4.90 Å². The van der Waals surface area contributed by atoms with Gasteiger partial charge in [0.1, 0.15) is 5.82 Å². The second-order valence-corrected chi connectivity index (χ2v) is 8.75. The molecule has 0 N–H and O–H groups in total. The number of amides is 2. The zero-order valence-corrected chi connectivity index (χ0v) is 17.4. The highest BCUT2D eigenvalue weighted by Crippen LogP contribution is 2.41. The molecule has 0 radical (unpaired) electrons. The normalized spacial score (nSPS) is 27.7. The van der Waals surface area contributed by atoms with E-state index < -0.39 is 0 Å². The predicted molar refractivity (Wildman–Crippen MR) is 110 cm³/mol. The number of piperidine rings is 2. The van der Waals surface area contributed by atoms with E-state index in [1.165, 1.54) is 18.6 Å². The Morgan fingerprint density at radius 3 is 2.41 bits per heavy atom. The molecule has 3 aliphatic heterocycles. The summed E-state index contributed by atoms with van der Waals surface area (Å²) in [4.78, 5) is 31.6. The average molecular weight is 402 g/mol. The number of likely N-dealkylation sites (tertiary alicyclic amines) is 3. The first kappa shape index (κ1) is 20.3. The number of carbonyl (C=O) groups excluding carboxylic acids is 2. The molecule has 4 rings (SSSR count). The van der Waals surface area contributed by atoms with E-state index in [4.69, 9.17) is 0 Å². The zero-order valence-electron chi connectivity index (χ0n) is 17.4. The number of carbonyl (C=O) groups is 2. The van der Waals surface area contributed by atoms with E-state index >= 15 is 0 Å². The van der Waals surface area contributed by atoms with Gasteiger partial charge in [0.25, 0.3) is 0 Å². The summed E-state index contributed by atoms with van der Waals surface area (Å²) in [5.41, 5.74) is 1.09. The number of fused-ring (bicyclic) bond motifs is 1. The standard InChI is InChI=1S/C23H32FN3O2/c1-2-22(28)27-15-19(17-6-8-18(24)9-7-17)20-14-25(13-10-21(20)27)16-23(29)26-11-4-3-5-12-26/h6-9,19-21H,2-5,10-16H2,1H3/t19-,20-,21-/m1/s1. The predicted octanol–water partition coefficient (Wildman–Crippen LogP) is 2.86. The van der Waals surface area contributed by atoms with E-state index in [1.54, 1.807) is 0 Å². The maximum Gasteiger partial charge on any atom is 0.236 e. The molecule has 6 heteroatoms. The van der Waals surface area contributed by atoms with Gasteiger partial charge >= 0.3 is 0 Å². The molecule has 1 aromatic carbocycles. The van der Waals surface area contributed by atoms with Gasteiger partial charge < -0.3 is 9.80 Å². The largest absolute Gasteiger partial charge is 0.342 e. The van der Waals surface area contributed by atoms with Crippen LogP contribution in [0.2, 0.25) is 0 Å². The fourth-order valence-electron chi connectivity index (χ4n) is 5.44. The van der Waals surface area contributed by atoms with Crippen molar-refractivity contribution in [1.82, 2.24) is 14.7 Å². The summed E-state index contributed by atoms with van der Waals surface area (Å²) in [7, 11) is 0. The lowest BCUT2D eigenvalue weighted by atomic mass is 9.82. The molecule has 1 aromatic rings. The van der Waals surface area contributed by atoms with Crippen molar-refractivity contribution in [3.63, 3.8) is 0 Å². The van der Waals surface area contributed by atoms with Crippen molar-refractivity contribution in [3.8, 4) is 0 Å². The van der Waals surface area contributed by atoms with Crippen LogP contribution >= 0.6 is 0 Å². The monoisotopic (exact) mass is 401 g/mol. The third kappa shape index (κ3) is 4.32. The van der Waals surface area contributed by atoms with Gasteiger partial charge in [0.05, 0.1) is 6.54 Å². The van der Waals surface area contributed by atoms with Gasteiger partial charge in [-0.05, 0) is 43.4 Å². The first-order valence-corrected chi connectivity index (χ1v) is 11.1.